The molecule has 5 nitrogen and oxygen atoms in total. The summed E-state index contributed by atoms with van der Waals surface area (Å²) < 4.78 is 7.06. The second kappa shape index (κ2) is 6.91. The van der Waals surface area contributed by atoms with Crippen LogP contribution in [0.3, 0.4) is 0 Å². The highest BCUT2D eigenvalue weighted by Gasteiger charge is 2.18. The van der Waals surface area contributed by atoms with Crippen LogP contribution in [0.2, 0.25) is 0 Å². The van der Waals surface area contributed by atoms with Crippen molar-refractivity contribution in [2.45, 2.75) is 20.4 Å². The first kappa shape index (κ1) is 16.9. The quantitative estimate of drug-likeness (QED) is 0.507. The predicted octanol–water partition coefficient (Wildman–Crippen LogP) is 4.31. The number of benzene rings is 1. The molecular weight excluding hydrogens is 334 g/mol. The normalized spacial score (nSPS) is 10.6. The molecule has 0 atom stereocenters. The smallest absolute Gasteiger partial charge is 0.350 e. The van der Waals surface area contributed by atoms with Gasteiger partial charge in [-0.3, -0.25) is 0 Å². The van der Waals surface area contributed by atoms with Crippen LogP contribution in [0.15, 0.2) is 37.1 Å². The summed E-state index contributed by atoms with van der Waals surface area (Å²) in [5, 5.41) is 11.0. The lowest BCUT2D eigenvalue weighted by molar-refractivity contribution is 0.0531. The molecular formula is C19H17N3O2S. The highest BCUT2D eigenvalue weighted by Crippen LogP contribution is 2.32. The van der Waals surface area contributed by atoms with E-state index >= 15 is 0 Å². The molecule has 0 fully saturated rings. The van der Waals surface area contributed by atoms with Gasteiger partial charge < -0.3 is 9.30 Å². The van der Waals surface area contributed by atoms with Crippen molar-refractivity contribution < 1.29 is 9.53 Å². The van der Waals surface area contributed by atoms with Crippen LogP contribution in [0, 0.1) is 18.3 Å². The summed E-state index contributed by atoms with van der Waals surface area (Å²) >= 11 is 1.31. The maximum atomic E-state index is 12.0. The molecule has 0 amide bonds. The molecule has 2 heterocycles. The first-order chi connectivity index (χ1) is 12.1. The number of rotatable bonds is 5. The number of fused-ring (bicyclic) bond motifs is 1. The van der Waals surface area contributed by atoms with Crippen LogP contribution in [0.25, 0.3) is 21.5 Å². The van der Waals surface area contributed by atoms with E-state index in [1.54, 1.807) is 19.9 Å². The number of carbonyl (C=O) groups is 1. The largest absolute Gasteiger partial charge is 0.462 e. The molecule has 25 heavy (non-hydrogen) atoms. The van der Waals surface area contributed by atoms with Crippen molar-refractivity contribution in [3.05, 3.63) is 53.2 Å². The van der Waals surface area contributed by atoms with E-state index < -0.39 is 0 Å². The van der Waals surface area contributed by atoms with Gasteiger partial charge in [-0.05, 0) is 32.0 Å². The first-order valence-electron chi connectivity index (χ1n) is 7.87. The first-order valence-corrected chi connectivity index (χ1v) is 8.69. The fourth-order valence-electron chi connectivity index (χ4n) is 2.72. The van der Waals surface area contributed by atoms with E-state index in [0.29, 0.717) is 29.3 Å². The lowest BCUT2D eigenvalue weighted by Crippen LogP contribution is -2.03. The number of nitrogens with zero attached hydrogens (tertiary/aromatic N) is 3. The van der Waals surface area contributed by atoms with Gasteiger partial charge in [0.25, 0.3) is 0 Å². The molecule has 0 bridgehead atoms. The number of aromatic nitrogens is 2. The Morgan fingerprint density at radius 3 is 3.00 bits per heavy atom. The Bertz CT molecular complexity index is 1010. The molecule has 0 aliphatic carbocycles. The average molecular weight is 351 g/mol. The number of nitriles is 1. The van der Waals surface area contributed by atoms with Crippen molar-refractivity contribution in [1.82, 2.24) is 9.55 Å². The minimum Gasteiger partial charge on any atom is -0.462 e. The third-order valence-corrected chi connectivity index (χ3v) is 5.02. The van der Waals surface area contributed by atoms with E-state index in [9.17, 15) is 10.1 Å². The number of esters is 1. The van der Waals surface area contributed by atoms with E-state index in [1.165, 1.54) is 11.3 Å². The zero-order chi connectivity index (χ0) is 18.0. The molecule has 2 aromatic heterocycles. The van der Waals surface area contributed by atoms with Crippen molar-refractivity contribution in [3.8, 4) is 16.6 Å². The summed E-state index contributed by atoms with van der Waals surface area (Å²) in [6, 6.07) is 8.10. The Morgan fingerprint density at radius 1 is 1.52 bits per heavy atom. The molecule has 0 spiro atoms. The molecule has 0 saturated carbocycles. The minimum absolute atomic E-state index is 0.333. The topological polar surface area (TPSA) is 67.9 Å². The number of aryl methyl sites for hydroxylation is 1. The molecule has 3 rings (SSSR count). The van der Waals surface area contributed by atoms with Gasteiger partial charge in [0, 0.05) is 29.2 Å². The highest BCUT2D eigenvalue weighted by atomic mass is 32.1. The second-order valence-electron chi connectivity index (χ2n) is 5.48. The summed E-state index contributed by atoms with van der Waals surface area (Å²) in [6.07, 6.45) is 3.62. The Morgan fingerprint density at radius 2 is 2.32 bits per heavy atom. The van der Waals surface area contributed by atoms with E-state index in [2.05, 4.69) is 17.6 Å². The van der Waals surface area contributed by atoms with Crippen molar-refractivity contribution in [1.29, 1.82) is 5.26 Å². The van der Waals surface area contributed by atoms with E-state index in [1.807, 2.05) is 29.0 Å². The van der Waals surface area contributed by atoms with E-state index in [-0.39, 0.29) is 5.97 Å². The zero-order valence-electron chi connectivity index (χ0n) is 14.1. The zero-order valence-corrected chi connectivity index (χ0v) is 14.9. The predicted molar refractivity (Wildman–Crippen MR) is 98.7 cm³/mol. The Hall–Kier alpha value is -2.91. The maximum Gasteiger partial charge on any atom is 0.350 e. The maximum absolute atomic E-state index is 12.0. The van der Waals surface area contributed by atoms with Crippen LogP contribution in [0.1, 0.15) is 27.9 Å². The van der Waals surface area contributed by atoms with Gasteiger partial charge >= 0.3 is 5.97 Å². The van der Waals surface area contributed by atoms with Gasteiger partial charge in [-0.25, -0.2) is 9.78 Å². The fourth-order valence-corrected chi connectivity index (χ4v) is 3.67. The lowest BCUT2D eigenvalue weighted by Gasteiger charge is -2.02. The van der Waals surface area contributed by atoms with Gasteiger partial charge in [0.15, 0.2) is 0 Å². The van der Waals surface area contributed by atoms with Crippen molar-refractivity contribution in [3.63, 3.8) is 0 Å². The van der Waals surface area contributed by atoms with Crippen LogP contribution in [0.4, 0.5) is 0 Å². The molecule has 0 saturated heterocycles. The molecule has 6 heteroatoms. The average Bonchev–Trinajstić information content (AvgIpc) is 3.16. The van der Waals surface area contributed by atoms with Gasteiger partial charge in [-0.2, -0.15) is 5.26 Å². The van der Waals surface area contributed by atoms with Crippen molar-refractivity contribution in [2.24, 2.45) is 0 Å². The highest BCUT2D eigenvalue weighted by molar-refractivity contribution is 7.17. The van der Waals surface area contributed by atoms with E-state index in [4.69, 9.17) is 4.74 Å². The van der Waals surface area contributed by atoms with Crippen molar-refractivity contribution >= 4 is 28.2 Å². The monoisotopic (exact) mass is 351 g/mol. The van der Waals surface area contributed by atoms with Crippen LogP contribution in [-0.4, -0.2) is 22.1 Å². The molecule has 0 aliphatic rings. The van der Waals surface area contributed by atoms with Crippen LogP contribution >= 0.6 is 11.3 Å². The van der Waals surface area contributed by atoms with Gasteiger partial charge in [0.2, 0.25) is 0 Å². The number of carbonyl (C=O) groups excluding carboxylic acids is 1. The summed E-state index contributed by atoms with van der Waals surface area (Å²) in [5.41, 5.74) is 3.11. The summed E-state index contributed by atoms with van der Waals surface area (Å²) in [6.45, 7) is 8.30. The van der Waals surface area contributed by atoms with Crippen LogP contribution < -0.4 is 0 Å². The lowest BCUT2D eigenvalue weighted by atomic mass is 10.1. The number of hydrogen-bond donors (Lipinski definition) is 0. The number of ether oxygens (including phenoxy) is 1. The van der Waals surface area contributed by atoms with E-state index in [0.717, 1.165) is 21.5 Å². The van der Waals surface area contributed by atoms with Crippen LogP contribution in [-0.2, 0) is 11.3 Å². The Labute approximate surface area is 149 Å². The third-order valence-electron chi connectivity index (χ3n) is 3.83. The Balaban J connectivity index is 2.08. The second-order valence-corrected chi connectivity index (χ2v) is 6.48. The molecule has 126 valence electrons. The van der Waals surface area contributed by atoms with Crippen LogP contribution in [0.5, 0.6) is 0 Å². The SMILES string of the molecule is C=CCn1cc(C#N)c2cc(-c3nc(C)c(C(=O)OCC)s3)ccc21. The molecule has 0 aliphatic heterocycles. The number of hydrogen-bond acceptors (Lipinski definition) is 5. The molecule has 0 N–H and O–H groups in total. The van der Waals surface area contributed by atoms with Gasteiger partial charge in [0.1, 0.15) is 16.0 Å². The summed E-state index contributed by atoms with van der Waals surface area (Å²) in [4.78, 5) is 17.0. The molecule has 0 unspecified atom stereocenters. The standard InChI is InChI=1S/C19H17N3O2S/c1-4-8-22-11-14(10-20)15-9-13(6-7-16(15)22)18-21-12(3)17(25-18)19(23)24-5-2/h4,6-7,9,11H,1,5,8H2,2-3H3. The van der Waals surface area contributed by atoms with Gasteiger partial charge in [0.05, 0.1) is 17.9 Å². The molecule has 3 aromatic rings. The van der Waals surface area contributed by atoms with Gasteiger partial charge in [-0.1, -0.05) is 6.08 Å². The van der Waals surface area contributed by atoms with Gasteiger partial charge in [-0.15, -0.1) is 17.9 Å². The summed E-state index contributed by atoms with van der Waals surface area (Å²) in [7, 11) is 0. The number of allylic oxidation sites excluding steroid dienone is 1. The molecule has 1 aromatic carbocycles. The fraction of sp³-hybridized carbons (Fsp3) is 0.211. The minimum atomic E-state index is -0.348. The van der Waals surface area contributed by atoms with Crippen molar-refractivity contribution in [2.75, 3.05) is 6.61 Å². The summed E-state index contributed by atoms with van der Waals surface area (Å²) in [5.74, 6) is -0.348. The number of thiazole rings is 1. The Kier molecular flexibility index (Phi) is 4.68. The third kappa shape index (κ3) is 3.06. The molecule has 0 radical (unpaired) electrons.